The predicted molar refractivity (Wildman–Crippen MR) is 80.4 cm³/mol. The van der Waals surface area contributed by atoms with E-state index in [4.69, 9.17) is 15.3 Å². The van der Waals surface area contributed by atoms with Gasteiger partial charge in [0, 0.05) is 6.42 Å². The quantitative estimate of drug-likeness (QED) is 0.788. The fourth-order valence-corrected chi connectivity index (χ4v) is 2.04. The van der Waals surface area contributed by atoms with Crippen LogP contribution in [0.25, 0.3) is 0 Å². The Morgan fingerprint density at radius 2 is 1.50 bits per heavy atom. The molecule has 4 nitrogen and oxygen atoms in total. The lowest BCUT2D eigenvalue weighted by Gasteiger charge is -2.18. The molecule has 2 aromatic rings. The van der Waals surface area contributed by atoms with Crippen molar-refractivity contribution in [3.05, 3.63) is 71.8 Å². The van der Waals surface area contributed by atoms with Crippen molar-refractivity contribution >= 4 is 5.97 Å². The Morgan fingerprint density at radius 3 is 2.05 bits per heavy atom. The van der Waals surface area contributed by atoms with Crippen LogP contribution < -0.4 is 0 Å². The molecule has 0 aliphatic heterocycles. The van der Waals surface area contributed by atoms with E-state index in [9.17, 15) is 4.79 Å². The minimum atomic E-state index is -0.825. The molecule has 0 aliphatic rings. The zero-order valence-electron chi connectivity index (χ0n) is 11.8. The second kappa shape index (κ2) is 7.61. The first kappa shape index (κ1) is 15.3. The van der Waals surface area contributed by atoms with Gasteiger partial charge in [-0.05, 0) is 17.7 Å². The summed E-state index contributed by atoms with van der Waals surface area (Å²) in [5, 5.41) is 17.9. The SMILES string of the molecule is N#CC(C#N)CC(OC(=O)c1ccccc1)c1ccccc1. The van der Waals surface area contributed by atoms with Crippen LogP contribution in [0.2, 0.25) is 0 Å². The number of carbonyl (C=O) groups is 1. The van der Waals surface area contributed by atoms with Crippen LogP contribution in [-0.4, -0.2) is 5.97 Å². The van der Waals surface area contributed by atoms with Crippen molar-refractivity contribution in [2.75, 3.05) is 0 Å². The lowest BCUT2D eigenvalue weighted by atomic mass is 9.98. The molecule has 0 amide bonds. The standard InChI is InChI=1S/C18H14N2O2/c19-12-14(13-20)11-17(15-7-3-1-4-8-15)22-18(21)16-9-5-2-6-10-16/h1-10,14,17H,11H2. The predicted octanol–water partition coefficient (Wildman–Crippen LogP) is 3.64. The van der Waals surface area contributed by atoms with Crippen molar-refractivity contribution in [1.82, 2.24) is 0 Å². The molecule has 2 rings (SSSR count). The van der Waals surface area contributed by atoms with Gasteiger partial charge in [0.2, 0.25) is 0 Å². The smallest absolute Gasteiger partial charge is 0.338 e. The van der Waals surface area contributed by atoms with Gasteiger partial charge in [-0.2, -0.15) is 10.5 Å². The van der Waals surface area contributed by atoms with Crippen LogP contribution in [0, 0.1) is 28.6 Å². The maximum atomic E-state index is 12.2. The van der Waals surface area contributed by atoms with Crippen LogP contribution in [0.5, 0.6) is 0 Å². The van der Waals surface area contributed by atoms with Crippen molar-refractivity contribution in [3.63, 3.8) is 0 Å². The van der Waals surface area contributed by atoms with Gasteiger partial charge >= 0.3 is 5.97 Å². The van der Waals surface area contributed by atoms with Crippen molar-refractivity contribution in [2.24, 2.45) is 5.92 Å². The van der Waals surface area contributed by atoms with E-state index in [-0.39, 0.29) is 6.42 Å². The van der Waals surface area contributed by atoms with E-state index in [1.807, 2.05) is 48.5 Å². The summed E-state index contributed by atoms with van der Waals surface area (Å²) in [6, 6.07) is 21.6. The molecule has 0 aliphatic carbocycles. The van der Waals surface area contributed by atoms with E-state index >= 15 is 0 Å². The average molecular weight is 290 g/mol. The normalized spacial score (nSPS) is 11.2. The Labute approximate surface area is 129 Å². The second-order valence-corrected chi connectivity index (χ2v) is 4.72. The van der Waals surface area contributed by atoms with E-state index < -0.39 is 18.0 Å². The van der Waals surface area contributed by atoms with E-state index in [2.05, 4.69) is 0 Å². The van der Waals surface area contributed by atoms with Crippen LogP contribution >= 0.6 is 0 Å². The number of benzene rings is 2. The summed E-state index contributed by atoms with van der Waals surface area (Å²) in [7, 11) is 0. The van der Waals surface area contributed by atoms with Crippen LogP contribution in [0.15, 0.2) is 60.7 Å². The van der Waals surface area contributed by atoms with E-state index in [1.165, 1.54) is 0 Å². The highest BCUT2D eigenvalue weighted by molar-refractivity contribution is 5.89. The molecule has 0 aromatic heterocycles. The molecule has 0 heterocycles. The summed E-state index contributed by atoms with van der Waals surface area (Å²) in [5.41, 5.74) is 1.20. The summed E-state index contributed by atoms with van der Waals surface area (Å²) >= 11 is 0. The molecule has 4 heteroatoms. The van der Waals surface area contributed by atoms with Crippen molar-refractivity contribution in [2.45, 2.75) is 12.5 Å². The van der Waals surface area contributed by atoms with Crippen LogP contribution in [0.4, 0.5) is 0 Å². The Bertz CT molecular complexity index is 685. The molecule has 0 N–H and O–H groups in total. The number of nitrogens with zero attached hydrogens (tertiary/aromatic N) is 2. The van der Waals surface area contributed by atoms with Gasteiger partial charge in [-0.3, -0.25) is 0 Å². The lowest BCUT2D eigenvalue weighted by Crippen LogP contribution is -2.14. The molecule has 0 spiro atoms. The lowest BCUT2D eigenvalue weighted by molar-refractivity contribution is 0.0265. The van der Waals surface area contributed by atoms with Crippen LogP contribution in [0.3, 0.4) is 0 Å². The molecule has 0 radical (unpaired) electrons. The maximum Gasteiger partial charge on any atom is 0.338 e. The number of hydrogen-bond acceptors (Lipinski definition) is 4. The number of hydrogen-bond donors (Lipinski definition) is 0. The Balaban J connectivity index is 2.20. The summed E-state index contributed by atoms with van der Waals surface area (Å²) in [6.45, 7) is 0. The fourth-order valence-electron chi connectivity index (χ4n) is 2.04. The molecule has 0 fully saturated rings. The van der Waals surface area contributed by atoms with Gasteiger partial charge in [0.25, 0.3) is 0 Å². The maximum absolute atomic E-state index is 12.2. The van der Waals surface area contributed by atoms with Gasteiger partial charge in [-0.15, -0.1) is 0 Å². The molecule has 0 bridgehead atoms. The molecular formula is C18H14N2O2. The van der Waals surface area contributed by atoms with Crippen molar-refractivity contribution in [1.29, 1.82) is 10.5 Å². The molecular weight excluding hydrogens is 276 g/mol. The third-order valence-electron chi connectivity index (χ3n) is 3.19. The Kier molecular flexibility index (Phi) is 5.29. The molecule has 1 unspecified atom stereocenters. The van der Waals surface area contributed by atoms with Crippen molar-refractivity contribution in [3.8, 4) is 12.1 Å². The third-order valence-corrected chi connectivity index (χ3v) is 3.19. The molecule has 1 atom stereocenters. The van der Waals surface area contributed by atoms with E-state index in [1.54, 1.807) is 24.3 Å². The number of ether oxygens (including phenoxy) is 1. The van der Waals surface area contributed by atoms with Crippen molar-refractivity contribution < 1.29 is 9.53 Å². The average Bonchev–Trinajstić information content (AvgIpc) is 2.60. The molecule has 22 heavy (non-hydrogen) atoms. The minimum Gasteiger partial charge on any atom is -0.454 e. The minimum absolute atomic E-state index is 0.148. The fraction of sp³-hybridized carbons (Fsp3) is 0.167. The third kappa shape index (κ3) is 3.94. The molecule has 0 saturated carbocycles. The van der Waals surface area contributed by atoms with E-state index in [0.717, 1.165) is 5.56 Å². The highest BCUT2D eigenvalue weighted by Gasteiger charge is 2.22. The van der Waals surface area contributed by atoms with Gasteiger partial charge in [0.1, 0.15) is 12.0 Å². The number of rotatable bonds is 5. The highest BCUT2D eigenvalue weighted by Crippen LogP contribution is 2.26. The number of nitriles is 2. The Morgan fingerprint density at radius 1 is 0.955 bits per heavy atom. The summed E-state index contributed by atoms with van der Waals surface area (Å²) in [5.74, 6) is -1.29. The molecule has 0 saturated heterocycles. The summed E-state index contributed by atoms with van der Waals surface area (Å²) in [6.07, 6.45) is -0.478. The van der Waals surface area contributed by atoms with E-state index in [0.29, 0.717) is 5.56 Å². The van der Waals surface area contributed by atoms with Gasteiger partial charge < -0.3 is 4.74 Å². The number of esters is 1. The first-order chi connectivity index (χ1) is 10.7. The van der Waals surface area contributed by atoms with Gasteiger partial charge in [-0.1, -0.05) is 48.5 Å². The first-order valence-electron chi connectivity index (χ1n) is 6.85. The number of carbonyl (C=O) groups excluding carboxylic acids is 1. The van der Waals surface area contributed by atoms with Crippen LogP contribution in [-0.2, 0) is 4.74 Å². The van der Waals surface area contributed by atoms with Crippen LogP contribution in [0.1, 0.15) is 28.4 Å². The summed E-state index contributed by atoms with van der Waals surface area (Å²) < 4.78 is 5.52. The van der Waals surface area contributed by atoms with Gasteiger partial charge in [0.15, 0.2) is 0 Å². The zero-order valence-corrected chi connectivity index (χ0v) is 11.8. The monoisotopic (exact) mass is 290 g/mol. The zero-order chi connectivity index (χ0) is 15.8. The largest absolute Gasteiger partial charge is 0.454 e. The topological polar surface area (TPSA) is 73.9 Å². The van der Waals surface area contributed by atoms with Gasteiger partial charge in [-0.25, -0.2) is 4.79 Å². The summed E-state index contributed by atoms with van der Waals surface area (Å²) in [4.78, 5) is 12.2. The second-order valence-electron chi connectivity index (χ2n) is 4.72. The molecule has 2 aromatic carbocycles. The first-order valence-corrected chi connectivity index (χ1v) is 6.85. The highest BCUT2D eigenvalue weighted by atomic mass is 16.5. The Hall–Kier alpha value is -3.11. The van der Waals surface area contributed by atoms with Gasteiger partial charge in [0.05, 0.1) is 17.7 Å². The molecule has 108 valence electrons.